The Morgan fingerprint density at radius 2 is 1.92 bits per heavy atom. The molecule has 2 aliphatic heterocycles. The SMILES string of the molecule is C[C@]1(C2CCN(C(=O)CCSc3ccc(F)cc3)CC2)NC(=O)NC1=O. The van der Waals surface area contributed by atoms with Gasteiger partial charge in [-0.2, -0.15) is 0 Å². The fourth-order valence-corrected chi connectivity index (χ4v) is 4.34. The van der Waals surface area contributed by atoms with Crippen molar-refractivity contribution in [1.29, 1.82) is 0 Å². The van der Waals surface area contributed by atoms with Gasteiger partial charge in [0.25, 0.3) is 5.91 Å². The number of benzene rings is 1. The lowest BCUT2D eigenvalue weighted by atomic mass is 9.79. The van der Waals surface area contributed by atoms with Crippen LogP contribution in [-0.4, -0.2) is 47.1 Å². The number of nitrogens with zero attached hydrogens (tertiary/aromatic N) is 1. The van der Waals surface area contributed by atoms with Crippen molar-refractivity contribution in [2.24, 2.45) is 5.92 Å². The molecule has 2 heterocycles. The standard InChI is InChI=1S/C18H22FN3O3S/c1-18(16(24)20-17(25)21-18)12-6-9-22(10-7-12)15(23)8-11-26-14-4-2-13(19)3-5-14/h2-5,12H,6-11H2,1H3,(H2,20,21,24,25)/t18-/m1/s1. The molecular weight excluding hydrogens is 357 g/mol. The van der Waals surface area contributed by atoms with Crippen LogP contribution in [0.15, 0.2) is 29.2 Å². The van der Waals surface area contributed by atoms with Crippen molar-refractivity contribution in [1.82, 2.24) is 15.5 Å². The van der Waals surface area contributed by atoms with E-state index < -0.39 is 11.6 Å². The molecule has 4 amide bonds. The molecule has 0 unspecified atom stereocenters. The van der Waals surface area contributed by atoms with Gasteiger partial charge in [-0.25, -0.2) is 9.18 Å². The summed E-state index contributed by atoms with van der Waals surface area (Å²) < 4.78 is 12.9. The van der Waals surface area contributed by atoms with Gasteiger partial charge in [-0.05, 0) is 49.9 Å². The highest BCUT2D eigenvalue weighted by Gasteiger charge is 2.48. The number of urea groups is 1. The van der Waals surface area contributed by atoms with Crippen molar-refractivity contribution in [3.63, 3.8) is 0 Å². The van der Waals surface area contributed by atoms with Gasteiger partial charge in [-0.15, -0.1) is 11.8 Å². The monoisotopic (exact) mass is 379 g/mol. The van der Waals surface area contributed by atoms with E-state index in [2.05, 4.69) is 10.6 Å². The second kappa shape index (κ2) is 7.65. The van der Waals surface area contributed by atoms with Gasteiger partial charge >= 0.3 is 6.03 Å². The molecule has 2 saturated heterocycles. The van der Waals surface area contributed by atoms with Gasteiger partial charge in [0.05, 0.1) is 0 Å². The molecule has 140 valence electrons. The molecular formula is C18H22FN3O3S. The Morgan fingerprint density at radius 1 is 1.27 bits per heavy atom. The lowest BCUT2D eigenvalue weighted by molar-refractivity contribution is -0.133. The second-order valence-corrected chi connectivity index (χ2v) is 7.99. The first-order valence-corrected chi connectivity index (χ1v) is 9.67. The van der Waals surface area contributed by atoms with Crippen molar-refractivity contribution in [2.75, 3.05) is 18.8 Å². The predicted molar refractivity (Wildman–Crippen MR) is 96.1 cm³/mol. The number of likely N-dealkylation sites (tertiary alicyclic amines) is 1. The highest BCUT2D eigenvalue weighted by molar-refractivity contribution is 7.99. The number of carbonyl (C=O) groups excluding carboxylic acids is 3. The average molecular weight is 379 g/mol. The van der Waals surface area contributed by atoms with Crippen LogP contribution in [0.4, 0.5) is 9.18 Å². The van der Waals surface area contributed by atoms with Crippen LogP contribution in [0.2, 0.25) is 0 Å². The van der Waals surface area contributed by atoms with Crippen molar-refractivity contribution in [3.05, 3.63) is 30.1 Å². The Hall–Kier alpha value is -2.09. The molecule has 2 N–H and O–H groups in total. The summed E-state index contributed by atoms with van der Waals surface area (Å²) in [6, 6.07) is 5.78. The summed E-state index contributed by atoms with van der Waals surface area (Å²) in [5, 5.41) is 5.01. The maximum atomic E-state index is 12.9. The van der Waals surface area contributed by atoms with E-state index in [9.17, 15) is 18.8 Å². The van der Waals surface area contributed by atoms with E-state index in [0.717, 1.165) is 4.90 Å². The molecule has 1 aromatic rings. The van der Waals surface area contributed by atoms with Crippen molar-refractivity contribution >= 4 is 29.6 Å². The van der Waals surface area contributed by atoms with E-state index in [4.69, 9.17) is 0 Å². The van der Waals surface area contributed by atoms with Crippen LogP contribution in [0.1, 0.15) is 26.2 Å². The maximum absolute atomic E-state index is 12.9. The maximum Gasteiger partial charge on any atom is 0.322 e. The summed E-state index contributed by atoms with van der Waals surface area (Å²) in [4.78, 5) is 38.6. The molecule has 2 fully saturated rings. The number of imide groups is 1. The van der Waals surface area contributed by atoms with Gasteiger partial charge in [-0.3, -0.25) is 14.9 Å². The number of halogens is 1. The first kappa shape index (κ1) is 18.7. The number of thioether (sulfide) groups is 1. The summed E-state index contributed by atoms with van der Waals surface area (Å²) in [6.07, 6.45) is 1.78. The smallest absolute Gasteiger partial charge is 0.322 e. The van der Waals surface area contributed by atoms with E-state index in [1.807, 2.05) is 4.90 Å². The first-order chi connectivity index (χ1) is 12.4. The highest BCUT2D eigenvalue weighted by atomic mass is 32.2. The topological polar surface area (TPSA) is 78.5 Å². The minimum atomic E-state index is -0.884. The van der Waals surface area contributed by atoms with Crippen LogP contribution in [0, 0.1) is 11.7 Å². The normalized spacial score (nSPS) is 23.7. The molecule has 0 spiro atoms. The minimum absolute atomic E-state index is 0.0200. The van der Waals surface area contributed by atoms with E-state index in [1.165, 1.54) is 23.9 Å². The van der Waals surface area contributed by atoms with Gasteiger partial charge < -0.3 is 10.2 Å². The molecule has 0 radical (unpaired) electrons. The van der Waals surface area contributed by atoms with Crippen LogP contribution in [0.3, 0.4) is 0 Å². The number of carbonyl (C=O) groups is 3. The van der Waals surface area contributed by atoms with Crippen LogP contribution in [0.25, 0.3) is 0 Å². The Kier molecular flexibility index (Phi) is 5.50. The molecule has 3 rings (SSSR count). The summed E-state index contributed by atoms with van der Waals surface area (Å²) in [5.74, 6) is 0.187. The molecule has 1 aromatic carbocycles. The Morgan fingerprint density at radius 3 is 2.50 bits per heavy atom. The van der Waals surface area contributed by atoms with Gasteiger partial charge in [0.15, 0.2) is 0 Å². The van der Waals surface area contributed by atoms with Gasteiger partial charge in [0, 0.05) is 30.2 Å². The molecule has 0 aliphatic carbocycles. The third kappa shape index (κ3) is 4.00. The van der Waals surface area contributed by atoms with Gasteiger partial charge in [0.1, 0.15) is 11.4 Å². The largest absolute Gasteiger partial charge is 0.343 e. The number of amides is 4. The second-order valence-electron chi connectivity index (χ2n) is 6.82. The molecule has 26 heavy (non-hydrogen) atoms. The van der Waals surface area contributed by atoms with E-state index in [1.54, 1.807) is 19.1 Å². The quantitative estimate of drug-likeness (QED) is 0.607. The third-order valence-corrected chi connectivity index (χ3v) is 6.15. The van der Waals surface area contributed by atoms with Crippen LogP contribution in [0.5, 0.6) is 0 Å². The molecule has 1 atom stereocenters. The zero-order valence-corrected chi connectivity index (χ0v) is 15.4. The Bertz CT molecular complexity index is 704. The molecule has 8 heteroatoms. The number of hydrogen-bond donors (Lipinski definition) is 2. The summed E-state index contributed by atoms with van der Waals surface area (Å²) in [5.41, 5.74) is -0.884. The van der Waals surface area contributed by atoms with Crippen molar-refractivity contribution < 1.29 is 18.8 Å². The lowest BCUT2D eigenvalue weighted by Gasteiger charge is -2.38. The summed E-state index contributed by atoms with van der Waals surface area (Å²) in [7, 11) is 0. The summed E-state index contributed by atoms with van der Waals surface area (Å²) in [6.45, 7) is 2.92. The molecule has 0 aromatic heterocycles. The summed E-state index contributed by atoms with van der Waals surface area (Å²) >= 11 is 1.53. The average Bonchev–Trinajstić information content (AvgIpc) is 2.89. The number of hydrogen-bond acceptors (Lipinski definition) is 4. The van der Waals surface area contributed by atoms with E-state index >= 15 is 0 Å². The van der Waals surface area contributed by atoms with Crippen LogP contribution >= 0.6 is 11.8 Å². The van der Waals surface area contributed by atoms with Crippen LogP contribution in [-0.2, 0) is 9.59 Å². The number of piperidine rings is 1. The van der Waals surface area contributed by atoms with Gasteiger partial charge in [-0.1, -0.05) is 0 Å². The van der Waals surface area contributed by atoms with Crippen LogP contribution < -0.4 is 10.6 Å². The molecule has 2 aliphatic rings. The number of rotatable bonds is 5. The van der Waals surface area contributed by atoms with Crippen molar-refractivity contribution in [2.45, 2.75) is 36.6 Å². The predicted octanol–water partition coefficient (Wildman–Crippen LogP) is 2.14. The minimum Gasteiger partial charge on any atom is -0.343 e. The van der Waals surface area contributed by atoms with E-state index in [0.29, 0.717) is 38.1 Å². The van der Waals surface area contributed by atoms with Gasteiger partial charge in [0.2, 0.25) is 5.91 Å². The first-order valence-electron chi connectivity index (χ1n) is 8.68. The number of nitrogens with one attached hydrogen (secondary N) is 2. The Labute approximate surface area is 155 Å². The fraction of sp³-hybridized carbons (Fsp3) is 0.500. The lowest BCUT2D eigenvalue weighted by Crippen LogP contribution is -2.54. The van der Waals surface area contributed by atoms with E-state index in [-0.39, 0.29) is 23.5 Å². The fourth-order valence-electron chi connectivity index (χ4n) is 3.50. The molecule has 6 nitrogen and oxygen atoms in total. The molecule has 0 bridgehead atoms. The third-order valence-electron chi connectivity index (χ3n) is 5.13. The zero-order chi connectivity index (χ0) is 18.7. The van der Waals surface area contributed by atoms with Crippen molar-refractivity contribution in [3.8, 4) is 0 Å². The molecule has 0 saturated carbocycles. The highest BCUT2D eigenvalue weighted by Crippen LogP contribution is 2.31. The Balaban J connectivity index is 1.44. The zero-order valence-electron chi connectivity index (χ0n) is 14.6.